The van der Waals surface area contributed by atoms with E-state index in [2.05, 4.69) is 0 Å². The Morgan fingerprint density at radius 2 is 1.65 bits per heavy atom. The quantitative estimate of drug-likeness (QED) is 0.521. The second-order valence-electron chi connectivity index (χ2n) is 9.87. The van der Waals surface area contributed by atoms with Gasteiger partial charge in [0.05, 0.1) is 19.8 Å². The van der Waals surface area contributed by atoms with Gasteiger partial charge in [-0.2, -0.15) is 0 Å². The number of nitrogens with zero attached hydrogens (tertiary/aromatic N) is 3. The third-order valence-electron chi connectivity index (χ3n) is 7.57. The zero-order chi connectivity index (χ0) is 26.4. The number of rotatable bonds is 7. The number of piperazine rings is 1. The zero-order valence-electron chi connectivity index (χ0n) is 21.8. The summed E-state index contributed by atoms with van der Waals surface area (Å²) < 4.78 is 10.6. The molecule has 37 heavy (non-hydrogen) atoms. The Balaban J connectivity index is 1.54. The highest BCUT2D eigenvalue weighted by Crippen LogP contribution is 2.50. The largest absolute Gasteiger partial charge is 0.465 e. The number of hydrogen-bond donors (Lipinski definition) is 0. The van der Waals surface area contributed by atoms with Crippen molar-refractivity contribution in [2.24, 2.45) is 11.3 Å². The Bertz CT molecular complexity index is 1030. The highest BCUT2D eigenvalue weighted by Gasteiger charge is 2.54. The van der Waals surface area contributed by atoms with Gasteiger partial charge in [-0.3, -0.25) is 14.4 Å². The lowest BCUT2D eigenvalue weighted by Gasteiger charge is -2.48. The first-order chi connectivity index (χ1) is 17.9. The lowest BCUT2D eigenvalue weighted by atomic mass is 9.66. The normalized spacial score (nSPS) is 23.7. The van der Waals surface area contributed by atoms with Crippen LogP contribution in [0.1, 0.15) is 51.5 Å². The number of carbonyl (C=O) groups is 4. The maximum atomic E-state index is 13.8. The van der Waals surface area contributed by atoms with Crippen LogP contribution in [0.4, 0.5) is 4.79 Å². The number of likely N-dealkylation sites (tertiary alicyclic amines) is 1. The Hall–Kier alpha value is -3.36. The van der Waals surface area contributed by atoms with Crippen molar-refractivity contribution >= 4 is 23.9 Å². The minimum Gasteiger partial charge on any atom is -0.465 e. The maximum absolute atomic E-state index is 13.8. The molecule has 2 aliphatic heterocycles. The summed E-state index contributed by atoms with van der Waals surface area (Å²) >= 11 is 0. The number of allylic oxidation sites excluding steroid dienone is 1. The Morgan fingerprint density at radius 3 is 2.32 bits per heavy atom. The number of piperidine rings is 1. The molecule has 1 aromatic rings. The summed E-state index contributed by atoms with van der Waals surface area (Å²) in [4.78, 5) is 57.6. The molecule has 3 aliphatic rings. The first-order valence-electron chi connectivity index (χ1n) is 13.3. The first kappa shape index (κ1) is 26.7. The van der Waals surface area contributed by atoms with Crippen molar-refractivity contribution in [3.05, 3.63) is 47.7 Å². The van der Waals surface area contributed by atoms with Gasteiger partial charge in [0.1, 0.15) is 5.41 Å². The van der Waals surface area contributed by atoms with E-state index < -0.39 is 11.3 Å². The molecule has 0 unspecified atom stereocenters. The van der Waals surface area contributed by atoms with Crippen LogP contribution in [0, 0.1) is 11.3 Å². The van der Waals surface area contributed by atoms with Gasteiger partial charge in [-0.05, 0) is 45.1 Å². The summed E-state index contributed by atoms with van der Waals surface area (Å²) in [7, 11) is 0. The molecule has 0 aromatic heterocycles. The molecule has 1 aromatic carbocycles. The van der Waals surface area contributed by atoms with Gasteiger partial charge < -0.3 is 24.2 Å². The number of amides is 3. The Morgan fingerprint density at radius 1 is 0.973 bits per heavy atom. The summed E-state index contributed by atoms with van der Waals surface area (Å²) in [6.45, 7) is 6.01. The molecular formula is C28H37N3O6. The van der Waals surface area contributed by atoms with Crippen LogP contribution in [0.15, 0.2) is 42.1 Å². The molecule has 200 valence electrons. The maximum Gasteiger partial charge on any atom is 0.409 e. The topological polar surface area (TPSA) is 96.5 Å². The van der Waals surface area contributed by atoms with Crippen molar-refractivity contribution in [1.29, 1.82) is 0 Å². The number of carbonyl (C=O) groups excluding carboxylic acids is 4. The molecule has 0 N–H and O–H groups in total. The third-order valence-corrected chi connectivity index (χ3v) is 7.57. The van der Waals surface area contributed by atoms with Crippen molar-refractivity contribution in [3.63, 3.8) is 0 Å². The van der Waals surface area contributed by atoms with E-state index in [-0.39, 0.29) is 43.3 Å². The van der Waals surface area contributed by atoms with Gasteiger partial charge in [0.15, 0.2) is 0 Å². The number of benzene rings is 1. The van der Waals surface area contributed by atoms with Crippen LogP contribution in [-0.2, 0) is 30.4 Å². The molecule has 9 nitrogen and oxygen atoms in total. The van der Waals surface area contributed by atoms with E-state index in [1.807, 2.05) is 36.4 Å². The lowest BCUT2D eigenvalue weighted by Crippen LogP contribution is -2.55. The van der Waals surface area contributed by atoms with Crippen molar-refractivity contribution in [3.8, 4) is 0 Å². The van der Waals surface area contributed by atoms with Gasteiger partial charge in [-0.25, -0.2) is 4.79 Å². The van der Waals surface area contributed by atoms with E-state index >= 15 is 0 Å². The fraction of sp³-hybridized carbons (Fsp3) is 0.571. The SMILES string of the molecule is CCOC(=O)N1CCN(C(=O)C[C@@H]2C[C@@]3(C(=O)OCC)CCCC=C3N(Cc3ccccc3)C2=O)CC1. The molecule has 1 aliphatic carbocycles. The van der Waals surface area contributed by atoms with Crippen LogP contribution in [0.2, 0.25) is 0 Å². The summed E-state index contributed by atoms with van der Waals surface area (Å²) in [5, 5.41) is 0. The molecule has 0 bridgehead atoms. The van der Waals surface area contributed by atoms with E-state index in [1.54, 1.807) is 28.5 Å². The molecule has 2 saturated heterocycles. The monoisotopic (exact) mass is 511 g/mol. The Labute approximate surface area is 218 Å². The van der Waals surface area contributed by atoms with E-state index in [1.165, 1.54) is 0 Å². The second kappa shape index (κ2) is 11.8. The highest BCUT2D eigenvalue weighted by atomic mass is 16.6. The molecule has 2 fully saturated rings. The second-order valence-corrected chi connectivity index (χ2v) is 9.87. The van der Waals surface area contributed by atoms with Crippen molar-refractivity contribution in [2.45, 2.75) is 52.5 Å². The van der Waals surface area contributed by atoms with Gasteiger partial charge in [0, 0.05) is 44.2 Å². The number of esters is 1. The minimum atomic E-state index is -0.926. The average molecular weight is 512 g/mol. The minimum absolute atomic E-state index is 0.0258. The van der Waals surface area contributed by atoms with Crippen LogP contribution < -0.4 is 0 Å². The highest BCUT2D eigenvalue weighted by molar-refractivity contribution is 5.92. The molecule has 4 rings (SSSR count). The predicted molar refractivity (Wildman–Crippen MR) is 136 cm³/mol. The van der Waals surface area contributed by atoms with Gasteiger partial charge in [0.25, 0.3) is 0 Å². The lowest BCUT2D eigenvalue weighted by molar-refractivity contribution is -0.163. The smallest absolute Gasteiger partial charge is 0.409 e. The van der Waals surface area contributed by atoms with Gasteiger partial charge >= 0.3 is 12.1 Å². The third kappa shape index (κ3) is 5.65. The molecule has 0 saturated carbocycles. The van der Waals surface area contributed by atoms with Crippen molar-refractivity contribution in [2.75, 3.05) is 39.4 Å². The van der Waals surface area contributed by atoms with E-state index in [0.29, 0.717) is 45.8 Å². The van der Waals surface area contributed by atoms with Gasteiger partial charge in [0.2, 0.25) is 11.8 Å². The van der Waals surface area contributed by atoms with Gasteiger partial charge in [-0.1, -0.05) is 36.4 Å². The molecule has 9 heteroatoms. The number of ether oxygens (including phenoxy) is 2. The fourth-order valence-electron chi connectivity index (χ4n) is 5.73. The molecule has 3 amide bonds. The Kier molecular flexibility index (Phi) is 8.51. The number of fused-ring (bicyclic) bond motifs is 1. The van der Waals surface area contributed by atoms with Crippen molar-refractivity contribution in [1.82, 2.24) is 14.7 Å². The predicted octanol–water partition coefficient (Wildman–Crippen LogP) is 3.34. The zero-order valence-corrected chi connectivity index (χ0v) is 21.8. The molecular weight excluding hydrogens is 474 g/mol. The summed E-state index contributed by atoms with van der Waals surface area (Å²) in [6, 6.07) is 9.69. The van der Waals surface area contributed by atoms with Crippen LogP contribution in [0.25, 0.3) is 0 Å². The summed E-state index contributed by atoms with van der Waals surface area (Å²) in [5.41, 5.74) is 0.754. The van der Waals surface area contributed by atoms with Crippen LogP contribution in [-0.4, -0.2) is 78.0 Å². The fourth-order valence-corrected chi connectivity index (χ4v) is 5.73. The van der Waals surface area contributed by atoms with E-state index in [0.717, 1.165) is 24.1 Å². The molecule has 2 heterocycles. The molecule has 0 radical (unpaired) electrons. The van der Waals surface area contributed by atoms with E-state index in [9.17, 15) is 19.2 Å². The summed E-state index contributed by atoms with van der Waals surface area (Å²) in [6.07, 6.45) is 4.15. The van der Waals surface area contributed by atoms with Crippen LogP contribution in [0.3, 0.4) is 0 Å². The molecule has 2 atom stereocenters. The first-order valence-corrected chi connectivity index (χ1v) is 13.3. The summed E-state index contributed by atoms with van der Waals surface area (Å²) in [5.74, 6) is -1.20. The molecule has 0 spiro atoms. The van der Waals surface area contributed by atoms with Crippen LogP contribution in [0.5, 0.6) is 0 Å². The van der Waals surface area contributed by atoms with Gasteiger partial charge in [-0.15, -0.1) is 0 Å². The standard InChI is InChI=1S/C28H37N3O6/c1-3-36-26(34)28-13-9-8-12-23(28)31(20-21-10-6-5-7-11-21)25(33)22(19-28)18-24(32)29-14-16-30(17-15-29)27(35)37-4-2/h5-7,10-12,22H,3-4,8-9,13-20H2,1-2H3/t22-,28+/m1/s1. The van der Waals surface area contributed by atoms with Crippen LogP contribution >= 0.6 is 0 Å². The van der Waals surface area contributed by atoms with Crippen molar-refractivity contribution < 1.29 is 28.7 Å². The average Bonchev–Trinajstić information content (AvgIpc) is 2.92. The number of hydrogen-bond acceptors (Lipinski definition) is 6. The van der Waals surface area contributed by atoms with E-state index in [4.69, 9.17) is 9.47 Å².